The van der Waals surface area contributed by atoms with Gasteiger partial charge in [0.1, 0.15) is 9.92 Å². The van der Waals surface area contributed by atoms with Gasteiger partial charge in [-0.3, -0.25) is 19.1 Å². The van der Waals surface area contributed by atoms with Crippen LogP contribution in [0.1, 0.15) is 39.2 Å². The van der Waals surface area contributed by atoms with Crippen molar-refractivity contribution in [2.45, 2.75) is 39.2 Å². The number of fused-ring (bicyclic) bond motifs is 1. The number of thioether (sulfide) groups is 1. The van der Waals surface area contributed by atoms with Crippen LogP contribution in [0.15, 0.2) is 35.4 Å². The third kappa shape index (κ3) is 4.91. The molecule has 1 fully saturated rings. The van der Waals surface area contributed by atoms with E-state index in [0.717, 1.165) is 5.39 Å². The maximum absolute atomic E-state index is 12.8. The van der Waals surface area contributed by atoms with E-state index in [0.29, 0.717) is 26.7 Å². The highest BCUT2D eigenvalue weighted by molar-refractivity contribution is 8.26. The van der Waals surface area contributed by atoms with Gasteiger partial charge in [-0.25, -0.2) is 4.79 Å². The summed E-state index contributed by atoms with van der Waals surface area (Å²) in [5.74, 6) is -1.17. The van der Waals surface area contributed by atoms with Crippen molar-refractivity contribution >= 4 is 63.2 Å². The standard InChI is InChI=1S/C21H22N2O5S2/c1-21(2,3)28-19(27)23-12-13(14-7-4-5-8-15(14)23)11-16-18(26)22(20(29)30-16)10-6-9-17(24)25/h4-5,7-8,11-12H,6,9-10H2,1-3H3,(H,24,25). The van der Waals surface area contributed by atoms with E-state index in [2.05, 4.69) is 0 Å². The first-order valence-electron chi connectivity index (χ1n) is 9.37. The monoisotopic (exact) mass is 446 g/mol. The zero-order valence-electron chi connectivity index (χ0n) is 16.9. The Balaban J connectivity index is 1.91. The number of amides is 1. The van der Waals surface area contributed by atoms with Crippen molar-refractivity contribution in [1.29, 1.82) is 0 Å². The van der Waals surface area contributed by atoms with Gasteiger partial charge in [-0.15, -0.1) is 0 Å². The Morgan fingerprint density at radius 3 is 2.63 bits per heavy atom. The van der Waals surface area contributed by atoms with Crippen molar-refractivity contribution in [2.24, 2.45) is 0 Å². The van der Waals surface area contributed by atoms with E-state index in [1.54, 1.807) is 33.0 Å². The number of rotatable bonds is 5. The summed E-state index contributed by atoms with van der Waals surface area (Å²) in [5.41, 5.74) is 0.735. The second-order valence-electron chi connectivity index (χ2n) is 7.78. The minimum absolute atomic E-state index is 0.0283. The van der Waals surface area contributed by atoms with Crippen LogP contribution in [-0.4, -0.2) is 49.0 Å². The zero-order chi connectivity index (χ0) is 22.1. The Morgan fingerprint density at radius 1 is 1.27 bits per heavy atom. The predicted octanol–water partition coefficient (Wildman–Crippen LogP) is 4.49. The van der Waals surface area contributed by atoms with E-state index in [-0.39, 0.29) is 18.9 Å². The molecule has 7 nitrogen and oxygen atoms in total. The first-order valence-corrected chi connectivity index (χ1v) is 10.6. The molecule has 1 aromatic heterocycles. The predicted molar refractivity (Wildman–Crippen MR) is 120 cm³/mol. The highest BCUT2D eigenvalue weighted by Crippen LogP contribution is 2.34. The number of hydrogen-bond donors (Lipinski definition) is 1. The molecule has 158 valence electrons. The Kier molecular flexibility index (Phi) is 6.33. The van der Waals surface area contributed by atoms with E-state index in [9.17, 15) is 14.4 Å². The average Bonchev–Trinajstić information content (AvgIpc) is 3.13. The van der Waals surface area contributed by atoms with Crippen LogP contribution < -0.4 is 0 Å². The van der Waals surface area contributed by atoms with E-state index >= 15 is 0 Å². The minimum atomic E-state index is -0.911. The number of para-hydroxylation sites is 1. The SMILES string of the molecule is CC(C)(C)OC(=O)n1cc(C=C2SC(=S)N(CCCC(=O)O)C2=O)c2ccccc21. The summed E-state index contributed by atoms with van der Waals surface area (Å²) in [6, 6.07) is 7.37. The smallest absolute Gasteiger partial charge is 0.419 e. The molecule has 0 bridgehead atoms. The van der Waals surface area contributed by atoms with Crippen molar-refractivity contribution in [3.8, 4) is 0 Å². The number of ether oxygens (including phenoxy) is 1. The van der Waals surface area contributed by atoms with Gasteiger partial charge in [0.2, 0.25) is 0 Å². The molecule has 1 aliphatic rings. The number of carboxylic acids is 1. The maximum Gasteiger partial charge on any atom is 0.419 e. The van der Waals surface area contributed by atoms with Crippen LogP contribution in [0.4, 0.5) is 4.79 Å². The molecular formula is C21H22N2O5S2. The van der Waals surface area contributed by atoms with Crippen LogP contribution in [0.25, 0.3) is 17.0 Å². The molecule has 1 amide bonds. The Labute approximate surface area is 183 Å². The molecule has 1 saturated heterocycles. The van der Waals surface area contributed by atoms with E-state index in [4.69, 9.17) is 22.1 Å². The first kappa shape index (κ1) is 22.0. The summed E-state index contributed by atoms with van der Waals surface area (Å²) in [7, 11) is 0. The molecule has 3 rings (SSSR count). The topological polar surface area (TPSA) is 88.8 Å². The Morgan fingerprint density at radius 2 is 1.97 bits per heavy atom. The number of carbonyl (C=O) groups excluding carboxylic acids is 2. The number of thiocarbonyl (C=S) groups is 1. The molecule has 0 unspecified atom stereocenters. The van der Waals surface area contributed by atoms with Gasteiger partial charge >= 0.3 is 12.1 Å². The van der Waals surface area contributed by atoms with Crippen molar-refractivity contribution in [3.63, 3.8) is 0 Å². The third-order valence-electron chi connectivity index (χ3n) is 4.27. The van der Waals surface area contributed by atoms with Crippen molar-refractivity contribution in [2.75, 3.05) is 6.54 Å². The molecule has 1 aromatic carbocycles. The number of nitrogens with zero attached hydrogens (tertiary/aromatic N) is 2. The van der Waals surface area contributed by atoms with Gasteiger partial charge in [0, 0.05) is 30.1 Å². The molecule has 1 N–H and O–H groups in total. The number of hydrogen-bond acceptors (Lipinski definition) is 6. The van der Waals surface area contributed by atoms with Gasteiger partial charge in [-0.05, 0) is 39.3 Å². The lowest BCUT2D eigenvalue weighted by atomic mass is 10.1. The van der Waals surface area contributed by atoms with Crippen molar-refractivity contribution in [1.82, 2.24) is 9.47 Å². The summed E-state index contributed by atoms with van der Waals surface area (Å²) in [6.07, 6.45) is 3.15. The summed E-state index contributed by atoms with van der Waals surface area (Å²) in [5, 5.41) is 9.60. The first-order chi connectivity index (χ1) is 14.1. The molecule has 9 heteroatoms. The second kappa shape index (κ2) is 8.61. The van der Waals surface area contributed by atoms with Crippen LogP contribution >= 0.6 is 24.0 Å². The lowest BCUT2D eigenvalue weighted by Gasteiger charge is -2.19. The summed E-state index contributed by atoms with van der Waals surface area (Å²) in [6.45, 7) is 5.65. The molecule has 0 spiro atoms. The average molecular weight is 447 g/mol. The summed E-state index contributed by atoms with van der Waals surface area (Å²) < 4.78 is 7.31. The number of benzene rings is 1. The maximum atomic E-state index is 12.8. The number of aromatic nitrogens is 1. The molecular weight excluding hydrogens is 424 g/mol. The second-order valence-corrected chi connectivity index (χ2v) is 9.46. The van der Waals surface area contributed by atoms with Crippen LogP contribution in [0.3, 0.4) is 0 Å². The van der Waals surface area contributed by atoms with Gasteiger partial charge in [-0.1, -0.05) is 42.2 Å². The van der Waals surface area contributed by atoms with Crippen molar-refractivity contribution in [3.05, 3.63) is 40.9 Å². The van der Waals surface area contributed by atoms with Gasteiger partial charge in [0.15, 0.2) is 0 Å². The van der Waals surface area contributed by atoms with Gasteiger partial charge < -0.3 is 9.84 Å². The van der Waals surface area contributed by atoms with Crippen LogP contribution in [0, 0.1) is 0 Å². The molecule has 1 aliphatic heterocycles. The number of carboxylic acid groups (broad SMARTS) is 1. The van der Waals surface area contributed by atoms with Crippen LogP contribution in [0.5, 0.6) is 0 Å². The van der Waals surface area contributed by atoms with E-state index in [1.807, 2.05) is 24.3 Å². The molecule has 0 atom stereocenters. The fraction of sp³-hybridized carbons (Fsp3) is 0.333. The van der Waals surface area contributed by atoms with Gasteiger partial charge in [0.05, 0.1) is 10.4 Å². The van der Waals surface area contributed by atoms with Crippen molar-refractivity contribution < 1.29 is 24.2 Å². The van der Waals surface area contributed by atoms with Crippen LogP contribution in [-0.2, 0) is 14.3 Å². The lowest BCUT2D eigenvalue weighted by Crippen LogP contribution is -2.29. The molecule has 2 aromatic rings. The molecule has 0 saturated carbocycles. The quantitative estimate of drug-likeness (QED) is 0.535. The highest BCUT2D eigenvalue weighted by atomic mass is 32.2. The highest BCUT2D eigenvalue weighted by Gasteiger charge is 2.32. The van der Waals surface area contributed by atoms with Crippen LogP contribution in [0.2, 0.25) is 0 Å². The lowest BCUT2D eigenvalue weighted by molar-refractivity contribution is -0.137. The summed E-state index contributed by atoms with van der Waals surface area (Å²) in [4.78, 5) is 38.0. The van der Waals surface area contributed by atoms with E-state index in [1.165, 1.54) is 21.2 Å². The normalized spacial score (nSPS) is 16.0. The molecule has 0 radical (unpaired) electrons. The van der Waals surface area contributed by atoms with Gasteiger partial charge in [0.25, 0.3) is 5.91 Å². The zero-order valence-corrected chi connectivity index (χ0v) is 18.5. The third-order valence-corrected chi connectivity index (χ3v) is 5.64. The number of aliphatic carboxylic acids is 1. The van der Waals surface area contributed by atoms with E-state index < -0.39 is 17.7 Å². The fourth-order valence-electron chi connectivity index (χ4n) is 3.01. The summed E-state index contributed by atoms with van der Waals surface area (Å²) >= 11 is 6.46. The molecule has 2 heterocycles. The minimum Gasteiger partial charge on any atom is -0.481 e. The number of carbonyl (C=O) groups is 3. The van der Waals surface area contributed by atoms with Gasteiger partial charge in [-0.2, -0.15) is 0 Å². The Hall–Kier alpha value is -2.65. The molecule has 30 heavy (non-hydrogen) atoms. The molecule has 0 aliphatic carbocycles. The fourth-order valence-corrected chi connectivity index (χ4v) is 4.31. The largest absolute Gasteiger partial charge is 0.481 e. The Bertz CT molecular complexity index is 1070.